The molecule has 12 heteroatoms. The number of halogens is 6. The highest BCUT2D eigenvalue weighted by Gasteiger charge is 2.39. The van der Waals surface area contributed by atoms with Gasteiger partial charge in [0.2, 0.25) is 0 Å². The average molecular weight is 453 g/mol. The number of anilines is 1. The lowest BCUT2D eigenvalue weighted by molar-refractivity contribution is -0.141. The van der Waals surface area contributed by atoms with Crippen LogP contribution in [-0.2, 0) is 19.8 Å². The SMILES string of the molecule is Cn1nc(C(F)(F)F)c(Cl)c1C(=O)Nc1cnn(Cc2c(Cl)cccc2Cl)c1. The van der Waals surface area contributed by atoms with Gasteiger partial charge in [0.1, 0.15) is 10.7 Å². The van der Waals surface area contributed by atoms with Gasteiger partial charge >= 0.3 is 6.18 Å². The standard InChI is InChI=1S/C16H11Cl3F3N5O/c1-26-13(12(19)14(25-26)16(20,21)22)15(28)24-8-5-23-27(6-8)7-9-10(17)3-2-4-11(9)18/h2-6H,7H2,1H3,(H,24,28). The Morgan fingerprint density at radius 3 is 2.43 bits per heavy atom. The summed E-state index contributed by atoms with van der Waals surface area (Å²) in [7, 11) is 1.19. The summed E-state index contributed by atoms with van der Waals surface area (Å²) in [6.45, 7) is 0.235. The maximum absolute atomic E-state index is 12.9. The molecule has 3 aromatic rings. The van der Waals surface area contributed by atoms with Crippen LogP contribution >= 0.6 is 34.8 Å². The summed E-state index contributed by atoms with van der Waals surface area (Å²) >= 11 is 17.9. The minimum atomic E-state index is -4.77. The fourth-order valence-electron chi connectivity index (χ4n) is 2.48. The number of carbonyl (C=O) groups is 1. The fourth-order valence-corrected chi connectivity index (χ4v) is 3.35. The van der Waals surface area contributed by atoms with Crippen LogP contribution in [0.4, 0.5) is 18.9 Å². The second-order valence-electron chi connectivity index (χ2n) is 5.71. The smallest absolute Gasteiger partial charge is 0.318 e. The van der Waals surface area contributed by atoms with Crippen LogP contribution in [0.25, 0.3) is 0 Å². The van der Waals surface area contributed by atoms with E-state index in [4.69, 9.17) is 34.8 Å². The minimum absolute atomic E-state index is 0.235. The molecule has 0 saturated heterocycles. The van der Waals surface area contributed by atoms with Gasteiger partial charge in [-0.1, -0.05) is 40.9 Å². The molecule has 0 aliphatic rings. The predicted octanol–water partition coefficient (Wildman–Crippen LogP) is 4.90. The summed E-state index contributed by atoms with van der Waals surface area (Å²) in [5.74, 6) is -0.856. The first-order valence-corrected chi connectivity index (χ1v) is 8.77. The number of amides is 1. The minimum Gasteiger partial charge on any atom is -0.318 e. The van der Waals surface area contributed by atoms with Crippen LogP contribution in [0.2, 0.25) is 15.1 Å². The Hall–Kier alpha value is -2.23. The molecule has 1 amide bonds. The number of benzene rings is 1. The Morgan fingerprint density at radius 2 is 1.86 bits per heavy atom. The Morgan fingerprint density at radius 1 is 1.21 bits per heavy atom. The van der Waals surface area contributed by atoms with E-state index in [9.17, 15) is 18.0 Å². The monoisotopic (exact) mass is 451 g/mol. The van der Waals surface area contributed by atoms with Crippen molar-refractivity contribution in [2.24, 2.45) is 7.05 Å². The third-order valence-corrected chi connectivity index (χ3v) is 4.81. The summed E-state index contributed by atoms with van der Waals surface area (Å²) in [6.07, 6.45) is -1.96. The second-order valence-corrected chi connectivity index (χ2v) is 6.91. The van der Waals surface area contributed by atoms with Gasteiger partial charge in [0.25, 0.3) is 5.91 Å². The highest BCUT2D eigenvalue weighted by Crippen LogP contribution is 2.35. The number of nitrogens with one attached hydrogen (secondary N) is 1. The summed E-state index contributed by atoms with van der Waals surface area (Å²) in [6, 6.07) is 5.06. The van der Waals surface area contributed by atoms with Crippen LogP contribution < -0.4 is 5.32 Å². The van der Waals surface area contributed by atoms with Crippen molar-refractivity contribution in [2.45, 2.75) is 12.7 Å². The number of nitrogens with zero attached hydrogens (tertiary/aromatic N) is 4. The molecule has 6 nitrogen and oxygen atoms in total. The van der Waals surface area contributed by atoms with Gasteiger partial charge in [-0.15, -0.1) is 0 Å². The molecule has 0 aliphatic carbocycles. The van der Waals surface area contributed by atoms with Gasteiger partial charge in [0.15, 0.2) is 5.69 Å². The number of aromatic nitrogens is 4. The van der Waals surface area contributed by atoms with E-state index in [0.29, 0.717) is 15.6 Å². The van der Waals surface area contributed by atoms with Crippen molar-refractivity contribution >= 4 is 46.4 Å². The zero-order valence-corrected chi connectivity index (χ0v) is 16.3. The van der Waals surface area contributed by atoms with Gasteiger partial charge in [-0.25, -0.2) is 0 Å². The molecule has 0 bridgehead atoms. The van der Waals surface area contributed by atoms with Gasteiger partial charge in [0.05, 0.1) is 18.4 Å². The summed E-state index contributed by atoms with van der Waals surface area (Å²) in [5, 5.41) is 9.92. The lowest BCUT2D eigenvalue weighted by Gasteiger charge is -2.07. The van der Waals surface area contributed by atoms with E-state index in [2.05, 4.69) is 15.5 Å². The number of hydrogen-bond donors (Lipinski definition) is 1. The molecule has 1 aromatic carbocycles. The Labute approximate surface area is 171 Å². The molecule has 0 atom stereocenters. The van der Waals surface area contributed by atoms with Gasteiger partial charge in [-0.05, 0) is 12.1 Å². The molecule has 0 spiro atoms. The van der Waals surface area contributed by atoms with Crippen LogP contribution in [0, 0.1) is 0 Å². The van der Waals surface area contributed by atoms with Crippen molar-refractivity contribution in [2.75, 3.05) is 5.32 Å². The van der Waals surface area contributed by atoms with Crippen LogP contribution in [0.3, 0.4) is 0 Å². The first-order valence-electron chi connectivity index (χ1n) is 7.64. The molecule has 148 valence electrons. The molecule has 0 fully saturated rings. The molecule has 2 heterocycles. The van der Waals surface area contributed by atoms with E-state index >= 15 is 0 Å². The zero-order chi connectivity index (χ0) is 20.6. The molecule has 28 heavy (non-hydrogen) atoms. The van der Waals surface area contributed by atoms with Crippen molar-refractivity contribution in [3.05, 3.63) is 62.6 Å². The number of alkyl halides is 3. The first kappa shape index (κ1) is 20.5. The first-order chi connectivity index (χ1) is 13.1. The second kappa shape index (κ2) is 7.65. The number of rotatable bonds is 4. The highest BCUT2D eigenvalue weighted by molar-refractivity contribution is 6.36. The zero-order valence-electron chi connectivity index (χ0n) is 14.1. The number of hydrogen-bond acceptors (Lipinski definition) is 3. The molecular formula is C16H11Cl3F3N5O. The van der Waals surface area contributed by atoms with E-state index in [-0.39, 0.29) is 12.2 Å². The maximum Gasteiger partial charge on any atom is 0.436 e. The topological polar surface area (TPSA) is 64.7 Å². The molecular weight excluding hydrogens is 442 g/mol. The maximum atomic E-state index is 12.9. The van der Waals surface area contributed by atoms with Crippen LogP contribution in [-0.4, -0.2) is 25.5 Å². The van der Waals surface area contributed by atoms with Crippen molar-refractivity contribution < 1.29 is 18.0 Å². The van der Waals surface area contributed by atoms with Crippen molar-refractivity contribution in [1.82, 2.24) is 19.6 Å². The van der Waals surface area contributed by atoms with Crippen LogP contribution in [0.5, 0.6) is 0 Å². The molecule has 0 saturated carbocycles. The van der Waals surface area contributed by atoms with Crippen LogP contribution in [0.15, 0.2) is 30.6 Å². The number of carbonyl (C=O) groups excluding carboxylic acids is 1. The van der Waals surface area contributed by atoms with Gasteiger partial charge in [-0.2, -0.15) is 23.4 Å². The molecule has 0 unspecified atom stereocenters. The van der Waals surface area contributed by atoms with E-state index < -0.39 is 28.5 Å². The van der Waals surface area contributed by atoms with Crippen LogP contribution in [0.1, 0.15) is 21.7 Å². The third-order valence-electron chi connectivity index (χ3n) is 3.75. The highest BCUT2D eigenvalue weighted by atomic mass is 35.5. The van der Waals surface area contributed by atoms with Gasteiger partial charge in [0, 0.05) is 28.9 Å². The third kappa shape index (κ3) is 4.11. The number of aryl methyl sites for hydroxylation is 1. The predicted molar refractivity (Wildman–Crippen MR) is 99.0 cm³/mol. The van der Waals surface area contributed by atoms with E-state index in [1.54, 1.807) is 18.2 Å². The van der Waals surface area contributed by atoms with Gasteiger partial charge < -0.3 is 5.32 Å². The van der Waals surface area contributed by atoms with Gasteiger partial charge in [-0.3, -0.25) is 14.2 Å². The summed E-state index contributed by atoms with van der Waals surface area (Å²) in [5.41, 5.74) is -0.864. The lowest BCUT2D eigenvalue weighted by atomic mass is 10.2. The summed E-state index contributed by atoms with van der Waals surface area (Å²) in [4.78, 5) is 12.4. The molecule has 1 N–H and O–H groups in total. The Balaban J connectivity index is 1.79. The van der Waals surface area contributed by atoms with Crippen molar-refractivity contribution in [3.63, 3.8) is 0 Å². The quantitative estimate of drug-likeness (QED) is 0.613. The summed E-state index contributed by atoms with van der Waals surface area (Å²) < 4.78 is 40.9. The fraction of sp³-hybridized carbons (Fsp3) is 0.188. The molecule has 0 aliphatic heterocycles. The van der Waals surface area contributed by atoms with E-state index in [1.165, 1.54) is 24.1 Å². The average Bonchev–Trinajstić information content (AvgIpc) is 3.14. The molecule has 3 rings (SSSR count). The van der Waals surface area contributed by atoms with Crippen molar-refractivity contribution in [1.29, 1.82) is 0 Å². The van der Waals surface area contributed by atoms with E-state index in [1.807, 2.05) is 0 Å². The van der Waals surface area contributed by atoms with E-state index in [0.717, 1.165) is 4.68 Å². The molecule has 0 radical (unpaired) electrons. The Bertz CT molecular complexity index is 1020. The molecule has 2 aromatic heterocycles. The lowest BCUT2D eigenvalue weighted by Crippen LogP contribution is -2.16. The van der Waals surface area contributed by atoms with Crippen molar-refractivity contribution in [3.8, 4) is 0 Å². The Kier molecular flexibility index (Phi) is 5.60. The normalized spacial score (nSPS) is 11.7. The largest absolute Gasteiger partial charge is 0.436 e.